The molecule has 20 heavy (non-hydrogen) atoms. The van der Waals surface area contributed by atoms with Gasteiger partial charge in [-0.3, -0.25) is 0 Å². The Morgan fingerprint density at radius 2 is 2.10 bits per heavy atom. The molecule has 0 unspecified atom stereocenters. The van der Waals surface area contributed by atoms with Crippen LogP contribution in [0.15, 0.2) is 42.5 Å². The van der Waals surface area contributed by atoms with Crippen molar-refractivity contribution < 1.29 is 4.74 Å². The minimum Gasteiger partial charge on any atom is -0.497 e. The molecular formula is C16H17N3O. The number of methoxy groups -OCH3 is 1. The summed E-state index contributed by atoms with van der Waals surface area (Å²) >= 11 is 0. The lowest BCUT2D eigenvalue weighted by molar-refractivity contribution is 0.415. The van der Waals surface area contributed by atoms with Crippen molar-refractivity contribution in [1.29, 1.82) is 0 Å². The molecule has 0 radical (unpaired) electrons. The highest BCUT2D eigenvalue weighted by atomic mass is 16.5. The lowest BCUT2D eigenvalue weighted by Gasteiger charge is -2.01. The zero-order valence-electron chi connectivity index (χ0n) is 11.6. The van der Waals surface area contributed by atoms with Crippen LogP contribution in [-0.4, -0.2) is 24.1 Å². The van der Waals surface area contributed by atoms with E-state index in [1.807, 2.05) is 37.4 Å². The molecule has 102 valence electrons. The van der Waals surface area contributed by atoms with Gasteiger partial charge in [0.25, 0.3) is 0 Å². The minimum absolute atomic E-state index is 0.832. The number of benzene rings is 2. The fraction of sp³-hybridized carbons (Fsp3) is 0.188. The molecule has 0 saturated carbocycles. The van der Waals surface area contributed by atoms with Gasteiger partial charge in [-0.05, 0) is 36.9 Å². The van der Waals surface area contributed by atoms with Gasteiger partial charge in [0.2, 0.25) is 0 Å². The molecule has 0 aliphatic carbocycles. The number of nitrogens with one attached hydrogen (secondary N) is 2. The molecule has 2 aromatic carbocycles. The number of aromatic nitrogens is 2. The first-order valence-electron chi connectivity index (χ1n) is 6.58. The highest BCUT2D eigenvalue weighted by Gasteiger charge is 2.06. The number of ether oxygens (including phenoxy) is 1. The van der Waals surface area contributed by atoms with E-state index < -0.39 is 0 Å². The Bertz CT molecular complexity index is 733. The Kier molecular flexibility index (Phi) is 3.39. The molecule has 1 aromatic heterocycles. The van der Waals surface area contributed by atoms with Crippen molar-refractivity contribution in [3.63, 3.8) is 0 Å². The number of aromatic amines is 1. The summed E-state index contributed by atoms with van der Waals surface area (Å²) in [5.41, 5.74) is 4.29. The zero-order valence-corrected chi connectivity index (χ0v) is 11.6. The van der Waals surface area contributed by atoms with E-state index in [4.69, 9.17) is 4.74 Å². The van der Waals surface area contributed by atoms with E-state index in [1.54, 1.807) is 7.11 Å². The van der Waals surface area contributed by atoms with Crippen molar-refractivity contribution in [2.75, 3.05) is 14.2 Å². The fourth-order valence-electron chi connectivity index (χ4n) is 2.28. The van der Waals surface area contributed by atoms with Crippen molar-refractivity contribution in [2.45, 2.75) is 6.54 Å². The molecule has 0 amide bonds. The van der Waals surface area contributed by atoms with Gasteiger partial charge in [0.05, 0.1) is 18.1 Å². The number of H-pyrrole nitrogens is 1. The van der Waals surface area contributed by atoms with Crippen LogP contribution in [0.1, 0.15) is 5.56 Å². The maximum Gasteiger partial charge on any atom is 0.138 e. The second-order valence-corrected chi connectivity index (χ2v) is 4.70. The van der Waals surface area contributed by atoms with Gasteiger partial charge in [-0.1, -0.05) is 18.2 Å². The SMILES string of the molecule is CNCc1ccc2nc(-c3cccc(OC)c3)[nH]c2c1. The number of nitrogens with zero attached hydrogens (tertiary/aromatic N) is 1. The van der Waals surface area contributed by atoms with Crippen LogP contribution in [0.2, 0.25) is 0 Å². The first-order chi connectivity index (χ1) is 9.80. The van der Waals surface area contributed by atoms with E-state index in [-0.39, 0.29) is 0 Å². The normalized spacial score (nSPS) is 10.9. The Morgan fingerprint density at radius 1 is 1.20 bits per heavy atom. The van der Waals surface area contributed by atoms with Crippen LogP contribution in [0.3, 0.4) is 0 Å². The van der Waals surface area contributed by atoms with Gasteiger partial charge >= 0.3 is 0 Å². The van der Waals surface area contributed by atoms with E-state index in [0.29, 0.717) is 0 Å². The number of imidazole rings is 1. The van der Waals surface area contributed by atoms with Crippen LogP contribution in [0, 0.1) is 0 Å². The van der Waals surface area contributed by atoms with E-state index in [2.05, 4.69) is 27.4 Å². The van der Waals surface area contributed by atoms with Crippen LogP contribution in [0.5, 0.6) is 5.75 Å². The molecular weight excluding hydrogens is 250 g/mol. The Morgan fingerprint density at radius 3 is 2.90 bits per heavy atom. The van der Waals surface area contributed by atoms with E-state index in [0.717, 1.165) is 34.7 Å². The summed E-state index contributed by atoms with van der Waals surface area (Å²) in [6.07, 6.45) is 0. The monoisotopic (exact) mass is 267 g/mol. The molecule has 4 heteroatoms. The number of fused-ring (bicyclic) bond motifs is 1. The topological polar surface area (TPSA) is 49.9 Å². The third kappa shape index (κ3) is 2.38. The van der Waals surface area contributed by atoms with Crippen LogP contribution in [0.25, 0.3) is 22.4 Å². The summed E-state index contributed by atoms with van der Waals surface area (Å²) in [5, 5.41) is 3.15. The van der Waals surface area contributed by atoms with Crippen molar-refractivity contribution in [1.82, 2.24) is 15.3 Å². The van der Waals surface area contributed by atoms with Crippen molar-refractivity contribution >= 4 is 11.0 Å². The lowest BCUT2D eigenvalue weighted by atomic mass is 10.2. The second kappa shape index (κ2) is 5.35. The predicted octanol–water partition coefficient (Wildman–Crippen LogP) is 2.96. The largest absolute Gasteiger partial charge is 0.497 e. The summed E-state index contributed by atoms with van der Waals surface area (Å²) < 4.78 is 5.25. The summed E-state index contributed by atoms with van der Waals surface area (Å²) in [7, 11) is 3.61. The zero-order chi connectivity index (χ0) is 13.9. The molecule has 0 bridgehead atoms. The van der Waals surface area contributed by atoms with Gasteiger partial charge in [-0.25, -0.2) is 4.98 Å². The van der Waals surface area contributed by atoms with Crippen LogP contribution < -0.4 is 10.1 Å². The fourth-order valence-corrected chi connectivity index (χ4v) is 2.28. The highest BCUT2D eigenvalue weighted by Crippen LogP contribution is 2.24. The minimum atomic E-state index is 0.832. The van der Waals surface area contributed by atoms with Gasteiger partial charge < -0.3 is 15.0 Å². The average molecular weight is 267 g/mol. The molecule has 1 heterocycles. The average Bonchev–Trinajstić information content (AvgIpc) is 2.91. The first kappa shape index (κ1) is 12.7. The van der Waals surface area contributed by atoms with E-state index in [1.165, 1.54) is 5.56 Å². The Balaban J connectivity index is 2.03. The standard InChI is InChI=1S/C16H17N3O/c1-17-10-11-6-7-14-15(8-11)19-16(18-14)12-4-3-5-13(9-12)20-2/h3-9,17H,10H2,1-2H3,(H,18,19). The molecule has 0 saturated heterocycles. The molecule has 0 atom stereocenters. The van der Waals surface area contributed by atoms with Gasteiger partial charge in [-0.15, -0.1) is 0 Å². The molecule has 3 rings (SSSR count). The van der Waals surface area contributed by atoms with E-state index >= 15 is 0 Å². The van der Waals surface area contributed by atoms with Gasteiger partial charge in [0.1, 0.15) is 11.6 Å². The maximum absolute atomic E-state index is 5.25. The van der Waals surface area contributed by atoms with Crippen LogP contribution >= 0.6 is 0 Å². The molecule has 0 fully saturated rings. The smallest absolute Gasteiger partial charge is 0.138 e. The van der Waals surface area contributed by atoms with Gasteiger partial charge in [-0.2, -0.15) is 0 Å². The first-order valence-corrected chi connectivity index (χ1v) is 6.58. The summed E-state index contributed by atoms with van der Waals surface area (Å²) in [6, 6.07) is 14.2. The van der Waals surface area contributed by atoms with Gasteiger partial charge in [0, 0.05) is 12.1 Å². The van der Waals surface area contributed by atoms with Crippen LogP contribution in [-0.2, 0) is 6.54 Å². The highest BCUT2D eigenvalue weighted by molar-refractivity contribution is 5.80. The second-order valence-electron chi connectivity index (χ2n) is 4.70. The van der Waals surface area contributed by atoms with Crippen LogP contribution in [0.4, 0.5) is 0 Å². The van der Waals surface area contributed by atoms with Crippen molar-refractivity contribution in [3.8, 4) is 17.1 Å². The number of hydrogen-bond acceptors (Lipinski definition) is 3. The summed E-state index contributed by atoms with van der Waals surface area (Å²) in [5.74, 6) is 1.69. The molecule has 3 aromatic rings. The Hall–Kier alpha value is -2.33. The van der Waals surface area contributed by atoms with Gasteiger partial charge in [0.15, 0.2) is 0 Å². The molecule has 4 nitrogen and oxygen atoms in total. The molecule has 0 aliphatic heterocycles. The lowest BCUT2D eigenvalue weighted by Crippen LogP contribution is -2.04. The Labute approximate surface area is 117 Å². The number of rotatable bonds is 4. The molecule has 2 N–H and O–H groups in total. The maximum atomic E-state index is 5.25. The van der Waals surface area contributed by atoms with Crippen molar-refractivity contribution in [3.05, 3.63) is 48.0 Å². The van der Waals surface area contributed by atoms with Crippen molar-refractivity contribution in [2.24, 2.45) is 0 Å². The third-order valence-electron chi connectivity index (χ3n) is 3.27. The molecule has 0 spiro atoms. The summed E-state index contributed by atoms with van der Waals surface area (Å²) in [4.78, 5) is 8.00. The number of hydrogen-bond donors (Lipinski definition) is 2. The predicted molar refractivity (Wildman–Crippen MR) is 80.8 cm³/mol. The summed E-state index contributed by atoms with van der Waals surface area (Å²) in [6.45, 7) is 0.851. The quantitative estimate of drug-likeness (QED) is 0.764. The molecule has 0 aliphatic rings. The third-order valence-corrected chi connectivity index (χ3v) is 3.27. The van der Waals surface area contributed by atoms with E-state index in [9.17, 15) is 0 Å².